The fourth-order valence-electron chi connectivity index (χ4n) is 1.94. The molecule has 0 radical (unpaired) electrons. The predicted molar refractivity (Wildman–Crippen MR) is 73.8 cm³/mol. The van der Waals surface area contributed by atoms with Crippen LogP contribution in [0.15, 0.2) is 0 Å². The van der Waals surface area contributed by atoms with Crippen LogP contribution in [0, 0.1) is 0 Å². The van der Waals surface area contributed by atoms with Crippen LogP contribution in [0.3, 0.4) is 0 Å². The maximum absolute atomic E-state index is 2.63. The molecule has 0 N–H and O–H groups in total. The lowest BCUT2D eigenvalue weighted by atomic mass is 10.2. The van der Waals surface area contributed by atoms with Crippen LogP contribution in [0.4, 0.5) is 0 Å². The van der Waals surface area contributed by atoms with E-state index in [0.29, 0.717) is 6.17 Å². The first-order valence-electron chi connectivity index (χ1n) is 7.03. The van der Waals surface area contributed by atoms with E-state index in [4.69, 9.17) is 0 Å². The Morgan fingerprint density at radius 1 is 0.812 bits per heavy atom. The van der Waals surface area contributed by atoms with E-state index in [0.717, 1.165) is 0 Å². The van der Waals surface area contributed by atoms with Crippen molar-refractivity contribution < 1.29 is 0 Å². The van der Waals surface area contributed by atoms with Gasteiger partial charge in [0.15, 0.2) is 0 Å². The van der Waals surface area contributed by atoms with Crippen LogP contribution >= 0.6 is 0 Å². The summed E-state index contributed by atoms with van der Waals surface area (Å²) in [4.78, 5) is 4.95. The number of hydrogen-bond donors (Lipinski definition) is 0. The Labute approximate surface area is 103 Å². The van der Waals surface area contributed by atoms with Gasteiger partial charge in [0.25, 0.3) is 0 Å². The molecule has 98 valence electrons. The lowest BCUT2D eigenvalue weighted by molar-refractivity contribution is 0.0897. The molecule has 16 heavy (non-hydrogen) atoms. The van der Waals surface area contributed by atoms with E-state index in [2.05, 4.69) is 44.7 Å². The summed E-state index contributed by atoms with van der Waals surface area (Å²) in [5, 5.41) is 0. The normalized spacial score (nSPS) is 13.7. The molecule has 2 heteroatoms. The van der Waals surface area contributed by atoms with E-state index >= 15 is 0 Å². The standard InChI is InChI=1S/C14H32N2/c1-6-8-10-12-16(13-11-9-7-2)14(3)15(4)5/h14H,6-13H2,1-5H3. The first-order chi connectivity index (χ1) is 7.63. The average Bonchev–Trinajstić information content (AvgIpc) is 2.26. The molecule has 0 aromatic heterocycles. The molecule has 0 amide bonds. The summed E-state index contributed by atoms with van der Waals surface area (Å²) in [6.07, 6.45) is 8.64. The van der Waals surface area contributed by atoms with E-state index in [-0.39, 0.29) is 0 Å². The minimum Gasteiger partial charge on any atom is -0.294 e. The largest absolute Gasteiger partial charge is 0.294 e. The second kappa shape index (κ2) is 10.1. The maximum Gasteiger partial charge on any atom is 0.0588 e. The SMILES string of the molecule is CCCCCN(CCCCC)C(C)N(C)C. The summed E-state index contributed by atoms with van der Waals surface area (Å²) in [6.45, 7) is 9.39. The highest BCUT2D eigenvalue weighted by Crippen LogP contribution is 2.08. The molecule has 0 aromatic rings. The molecule has 0 aliphatic rings. The molecule has 0 rings (SSSR count). The summed E-state index contributed by atoms with van der Waals surface area (Å²) in [5.41, 5.74) is 0. The quantitative estimate of drug-likeness (QED) is 0.416. The van der Waals surface area contributed by atoms with Crippen molar-refractivity contribution in [2.24, 2.45) is 0 Å². The minimum absolute atomic E-state index is 0.578. The molecule has 0 bridgehead atoms. The average molecular weight is 228 g/mol. The van der Waals surface area contributed by atoms with Gasteiger partial charge in [0.2, 0.25) is 0 Å². The monoisotopic (exact) mass is 228 g/mol. The molecule has 1 atom stereocenters. The lowest BCUT2D eigenvalue weighted by Gasteiger charge is -2.33. The van der Waals surface area contributed by atoms with Crippen molar-refractivity contribution in [3.05, 3.63) is 0 Å². The van der Waals surface area contributed by atoms with Gasteiger partial charge in [-0.2, -0.15) is 0 Å². The third-order valence-electron chi connectivity index (χ3n) is 3.37. The molecule has 0 heterocycles. The van der Waals surface area contributed by atoms with Crippen molar-refractivity contribution in [3.8, 4) is 0 Å². The fraction of sp³-hybridized carbons (Fsp3) is 1.00. The van der Waals surface area contributed by atoms with Gasteiger partial charge in [-0.3, -0.25) is 9.80 Å². The van der Waals surface area contributed by atoms with Crippen LogP contribution in [0.1, 0.15) is 59.3 Å². The molecule has 0 fully saturated rings. The highest BCUT2D eigenvalue weighted by atomic mass is 15.3. The van der Waals surface area contributed by atoms with Crippen LogP contribution in [-0.4, -0.2) is 43.2 Å². The molecule has 0 saturated heterocycles. The Balaban J connectivity index is 3.94. The Morgan fingerprint density at radius 3 is 1.56 bits per heavy atom. The molecule has 0 aliphatic heterocycles. The van der Waals surface area contributed by atoms with Gasteiger partial charge in [0, 0.05) is 0 Å². The van der Waals surface area contributed by atoms with Crippen molar-refractivity contribution >= 4 is 0 Å². The smallest absolute Gasteiger partial charge is 0.0588 e. The molecule has 2 nitrogen and oxygen atoms in total. The van der Waals surface area contributed by atoms with E-state index < -0.39 is 0 Å². The van der Waals surface area contributed by atoms with E-state index in [1.165, 1.54) is 51.6 Å². The van der Waals surface area contributed by atoms with E-state index in [1.807, 2.05) is 0 Å². The molecule has 0 aromatic carbocycles. The predicted octanol–water partition coefficient (Wildman–Crippen LogP) is 3.58. The summed E-state index contributed by atoms with van der Waals surface area (Å²) < 4.78 is 0. The highest BCUT2D eigenvalue weighted by Gasteiger charge is 2.14. The Kier molecular flexibility index (Phi) is 10.0. The zero-order chi connectivity index (χ0) is 12.4. The first-order valence-corrected chi connectivity index (χ1v) is 7.03. The lowest BCUT2D eigenvalue weighted by Crippen LogP contribution is -2.43. The molecular formula is C14H32N2. The third-order valence-corrected chi connectivity index (χ3v) is 3.37. The summed E-state index contributed by atoms with van der Waals surface area (Å²) in [7, 11) is 4.36. The van der Waals surface area contributed by atoms with Crippen LogP contribution in [0.5, 0.6) is 0 Å². The van der Waals surface area contributed by atoms with Gasteiger partial charge in [-0.15, -0.1) is 0 Å². The molecule has 0 aliphatic carbocycles. The van der Waals surface area contributed by atoms with E-state index in [1.54, 1.807) is 0 Å². The molecule has 1 unspecified atom stereocenters. The van der Waals surface area contributed by atoms with Crippen molar-refractivity contribution in [1.29, 1.82) is 0 Å². The Morgan fingerprint density at radius 2 is 1.25 bits per heavy atom. The van der Waals surface area contributed by atoms with Crippen LogP contribution in [0.2, 0.25) is 0 Å². The minimum atomic E-state index is 0.578. The second-order valence-electron chi connectivity index (χ2n) is 5.05. The Hall–Kier alpha value is -0.0800. The fourth-order valence-corrected chi connectivity index (χ4v) is 1.94. The Bertz CT molecular complexity index is 136. The third kappa shape index (κ3) is 7.24. The zero-order valence-corrected chi connectivity index (χ0v) is 12.1. The van der Waals surface area contributed by atoms with Crippen molar-refractivity contribution in [1.82, 2.24) is 9.80 Å². The van der Waals surface area contributed by atoms with Crippen LogP contribution in [-0.2, 0) is 0 Å². The van der Waals surface area contributed by atoms with Crippen LogP contribution in [0.25, 0.3) is 0 Å². The zero-order valence-electron chi connectivity index (χ0n) is 12.1. The highest BCUT2D eigenvalue weighted by molar-refractivity contribution is 4.65. The topological polar surface area (TPSA) is 6.48 Å². The van der Waals surface area contributed by atoms with Gasteiger partial charge in [0.05, 0.1) is 6.17 Å². The number of nitrogens with zero attached hydrogens (tertiary/aromatic N) is 2. The number of unbranched alkanes of at least 4 members (excludes halogenated alkanes) is 4. The van der Waals surface area contributed by atoms with Gasteiger partial charge >= 0.3 is 0 Å². The summed E-state index contributed by atoms with van der Waals surface area (Å²) in [6, 6.07) is 0. The van der Waals surface area contributed by atoms with Gasteiger partial charge in [-0.25, -0.2) is 0 Å². The van der Waals surface area contributed by atoms with E-state index in [9.17, 15) is 0 Å². The summed E-state index contributed by atoms with van der Waals surface area (Å²) in [5.74, 6) is 0. The van der Waals surface area contributed by atoms with Gasteiger partial charge < -0.3 is 0 Å². The van der Waals surface area contributed by atoms with Crippen molar-refractivity contribution in [2.75, 3.05) is 27.2 Å². The number of rotatable bonds is 10. The first kappa shape index (κ1) is 15.9. The molecule has 0 spiro atoms. The van der Waals surface area contributed by atoms with Gasteiger partial charge in [-0.05, 0) is 47.0 Å². The molecular weight excluding hydrogens is 196 g/mol. The second-order valence-corrected chi connectivity index (χ2v) is 5.05. The number of hydrogen-bond acceptors (Lipinski definition) is 2. The van der Waals surface area contributed by atoms with Gasteiger partial charge in [0.1, 0.15) is 0 Å². The summed E-state index contributed by atoms with van der Waals surface area (Å²) >= 11 is 0. The van der Waals surface area contributed by atoms with Crippen molar-refractivity contribution in [2.45, 2.75) is 65.5 Å². The maximum atomic E-state index is 2.63. The molecule has 0 saturated carbocycles. The van der Waals surface area contributed by atoms with Gasteiger partial charge in [-0.1, -0.05) is 39.5 Å². The van der Waals surface area contributed by atoms with Crippen molar-refractivity contribution in [3.63, 3.8) is 0 Å². The van der Waals surface area contributed by atoms with Crippen LogP contribution < -0.4 is 0 Å².